The van der Waals surface area contributed by atoms with E-state index < -0.39 is 23.9 Å². The van der Waals surface area contributed by atoms with E-state index in [4.69, 9.17) is 5.73 Å². The van der Waals surface area contributed by atoms with Gasteiger partial charge in [0.05, 0.1) is 0 Å². The largest absolute Gasteiger partial charge is 0.379 e. The average Bonchev–Trinajstić information content (AvgIpc) is 3.73. The van der Waals surface area contributed by atoms with E-state index in [2.05, 4.69) is 11.6 Å². The monoisotopic (exact) mass is 510 g/mol. The summed E-state index contributed by atoms with van der Waals surface area (Å²) in [6.07, 6.45) is 9.07. The van der Waals surface area contributed by atoms with Gasteiger partial charge in [-0.25, -0.2) is 8.78 Å². The van der Waals surface area contributed by atoms with E-state index in [1.807, 2.05) is 6.07 Å². The maximum Gasteiger partial charge on any atom is 0.283 e. The normalized spacial score (nSPS) is 22.6. The Morgan fingerprint density at radius 1 is 1.08 bits per heavy atom. The summed E-state index contributed by atoms with van der Waals surface area (Å²) in [5.41, 5.74) is 4.90. The first-order valence-electron chi connectivity index (χ1n) is 13.1. The van der Waals surface area contributed by atoms with Gasteiger partial charge in [0, 0.05) is 24.6 Å². The van der Waals surface area contributed by atoms with Crippen LogP contribution in [-0.4, -0.2) is 27.7 Å². The Kier molecular flexibility index (Phi) is 7.93. The lowest BCUT2D eigenvalue weighted by molar-refractivity contribution is -0.175. The molecule has 0 bridgehead atoms. The van der Waals surface area contributed by atoms with Crippen LogP contribution in [0.2, 0.25) is 0 Å². The molecule has 4 rings (SSSR count). The van der Waals surface area contributed by atoms with Crippen LogP contribution < -0.4 is 5.73 Å². The highest BCUT2D eigenvalue weighted by molar-refractivity contribution is 5.96. The highest BCUT2D eigenvalue weighted by Gasteiger charge is 2.49. The van der Waals surface area contributed by atoms with E-state index in [9.17, 15) is 23.5 Å². The number of benzene rings is 1. The quantitative estimate of drug-likeness (QED) is 0.279. The molecule has 5 nitrogen and oxygen atoms in total. The van der Waals surface area contributed by atoms with Crippen molar-refractivity contribution in [3.05, 3.63) is 77.6 Å². The number of nitrogens with two attached hydrogens (primary N) is 1. The molecular formula is C30H36F2N2O3. The van der Waals surface area contributed by atoms with Crippen molar-refractivity contribution in [2.24, 2.45) is 23.5 Å². The van der Waals surface area contributed by atoms with Crippen LogP contribution in [0.15, 0.2) is 55.3 Å². The summed E-state index contributed by atoms with van der Waals surface area (Å²) >= 11 is 0. The van der Waals surface area contributed by atoms with E-state index in [0.29, 0.717) is 35.7 Å². The third kappa shape index (κ3) is 5.98. The highest BCUT2D eigenvalue weighted by Crippen LogP contribution is 2.49. The van der Waals surface area contributed by atoms with Gasteiger partial charge < -0.3 is 10.8 Å². The van der Waals surface area contributed by atoms with Gasteiger partial charge in [-0.05, 0) is 86.3 Å². The molecule has 37 heavy (non-hydrogen) atoms. The Morgan fingerprint density at radius 2 is 1.68 bits per heavy atom. The lowest BCUT2D eigenvalue weighted by atomic mass is 9.71. The number of hydrogen-bond donors (Lipinski definition) is 2. The number of alkyl halides is 2. The topological polar surface area (TPSA) is 93.3 Å². The van der Waals surface area contributed by atoms with Gasteiger partial charge in [-0.15, -0.1) is 6.58 Å². The number of hydrogen-bond acceptors (Lipinski definition) is 4. The van der Waals surface area contributed by atoms with Gasteiger partial charge in [0.1, 0.15) is 5.69 Å². The number of Topliss-reactive ketones (excluding diaryl/α,β-unsaturated/α-hetero) is 1. The number of amides is 1. The van der Waals surface area contributed by atoms with E-state index in [1.54, 1.807) is 24.4 Å². The van der Waals surface area contributed by atoms with Crippen molar-refractivity contribution >= 4 is 11.7 Å². The van der Waals surface area contributed by atoms with E-state index in [0.717, 1.165) is 57.1 Å². The SMILES string of the molecule is C=CCC(F)(F)[C@@](C)(O)c1ccc(C(=O)CC(C2CCC(c3ccc(C(N)=O)nc3)CC2)C2CC2)cc1. The average molecular weight is 511 g/mol. The highest BCUT2D eigenvalue weighted by atomic mass is 19.3. The number of nitrogens with zero attached hydrogens (tertiary/aromatic N) is 1. The lowest BCUT2D eigenvalue weighted by Gasteiger charge is -2.34. The number of ketones is 1. The number of rotatable bonds is 11. The number of aromatic nitrogens is 1. The molecule has 1 heterocycles. The Balaban J connectivity index is 1.38. The fourth-order valence-corrected chi connectivity index (χ4v) is 5.82. The van der Waals surface area contributed by atoms with Crippen molar-refractivity contribution in [2.45, 2.75) is 75.7 Å². The zero-order chi connectivity index (χ0) is 26.8. The predicted octanol–water partition coefficient (Wildman–Crippen LogP) is 6.17. The molecule has 2 aromatic rings. The van der Waals surface area contributed by atoms with E-state index >= 15 is 0 Å². The number of pyridine rings is 1. The van der Waals surface area contributed by atoms with Crippen LogP contribution in [0.3, 0.4) is 0 Å². The molecule has 0 spiro atoms. The summed E-state index contributed by atoms with van der Waals surface area (Å²) in [5.74, 6) is -2.12. The molecular weight excluding hydrogens is 474 g/mol. The number of carbonyl (C=O) groups is 2. The molecule has 1 aromatic heterocycles. The molecule has 0 saturated heterocycles. The first-order valence-corrected chi connectivity index (χ1v) is 13.1. The molecule has 198 valence electrons. The van der Waals surface area contributed by atoms with Crippen LogP contribution in [0.25, 0.3) is 0 Å². The fourth-order valence-electron chi connectivity index (χ4n) is 5.82. The summed E-state index contributed by atoms with van der Waals surface area (Å²) in [7, 11) is 0. The van der Waals surface area contributed by atoms with Gasteiger partial charge in [0.15, 0.2) is 11.4 Å². The predicted molar refractivity (Wildman–Crippen MR) is 138 cm³/mol. The molecule has 7 heteroatoms. The minimum atomic E-state index is -3.36. The Bertz CT molecular complexity index is 1120. The zero-order valence-electron chi connectivity index (χ0n) is 21.3. The molecule has 1 unspecified atom stereocenters. The van der Waals surface area contributed by atoms with Gasteiger partial charge in [-0.2, -0.15) is 0 Å². The first-order chi connectivity index (χ1) is 17.5. The standard InChI is InChI=1S/C30H36F2N2O3/c1-3-16-30(31,32)29(2,37)24-13-10-22(11-14-24)27(35)17-25(21-8-9-21)20-6-4-19(5-7-20)23-12-15-26(28(33)36)34-18-23/h3,10-15,18-21,25,37H,1,4-9,16-17H2,2H3,(H2,33,36)/t19?,20?,25?,29-/m0/s1. The Labute approximate surface area is 217 Å². The second kappa shape index (κ2) is 10.8. The van der Waals surface area contributed by atoms with Crippen LogP contribution in [0.4, 0.5) is 8.78 Å². The Hall–Kier alpha value is -2.93. The maximum atomic E-state index is 14.4. The number of halogens is 2. The second-order valence-corrected chi connectivity index (χ2v) is 10.9. The molecule has 0 aliphatic heterocycles. The van der Waals surface area contributed by atoms with Crippen molar-refractivity contribution in [1.82, 2.24) is 4.98 Å². The second-order valence-electron chi connectivity index (χ2n) is 10.9. The molecule has 2 fully saturated rings. The first kappa shape index (κ1) is 27.1. The van der Waals surface area contributed by atoms with Crippen molar-refractivity contribution in [3.8, 4) is 0 Å². The van der Waals surface area contributed by atoms with Gasteiger partial charge in [0.25, 0.3) is 11.8 Å². The van der Waals surface area contributed by atoms with Crippen LogP contribution in [-0.2, 0) is 5.60 Å². The van der Waals surface area contributed by atoms with Crippen LogP contribution in [0, 0.1) is 17.8 Å². The molecule has 2 aliphatic rings. The van der Waals surface area contributed by atoms with Gasteiger partial charge in [-0.3, -0.25) is 14.6 Å². The Morgan fingerprint density at radius 3 is 2.16 bits per heavy atom. The maximum absolute atomic E-state index is 14.4. The van der Waals surface area contributed by atoms with Crippen LogP contribution >= 0.6 is 0 Å². The van der Waals surface area contributed by atoms with E-state index in [1.165, 1.54) is 12.1 Å². The summed E-state index contributed by atoms with van der Waals surface area (Å²) in [4.78, 5) is 28.7. The van der Waals surface area contributed by atoms with Crippen LogP contribution in [0.1, 0.15) is 96.2 Å². The molecule has 3 N–H and O–H groups in total. The molecule has 2 atom stereocenters. The lowest BCUT2D eigenvalue weighted by Crippen LogP contribution is -2.42. The fraction of sp³-hybridized carbons (Fsp3) is 0.500. The number of aliphatic hydroxyl groups is 1. The van der Waals surface area contributed by atoms with E-state index in [-0.39, 0.29) is 17.0 Å². The molecule has 1 aromatic carbocycles. The minimum Gasteiger partial charge on any atom is -0.379 e. The van der Waals surface area contributed by atoms with Crippen molar-refractivity contribution in [1.29, 1.82) is 0 Å². The third-order valence-electron chi connectivity index (χ3n) is 8.42. The third-order valence-corrected chi connectivity index (χ3v) is 8.42. The zero-order valence-corrected chi connectivity index (χ0v) is 21.3. The summed E-state index contributed by atoms with van der Waals surface area (Å²) in [5, 5.41) is 10.5. The summed E-state index contributed by atoms with van der Waals surface area (Å²) < 4.78 is 28.8. The molecule has 1 amide bonds. The van der Waals surface area contributed by atoms with Gasteiger partial charge in [-0.1, -0.05) is 36.4 Å². The van der Waals surface area contributed by atoms with Crippen LogP contribution in [0.5, 0.6) is 0 Å². The van der Waals surface area contributed by atoms with Gasteiger partial charge >= 0.3 is 0 Å². The summed E-state index contributed by atoms with van der Waals surface area (Å²) in [6, 6.07) is 9.59. The minimum absolute atomic E-state index is 0.0225. The number of primary amides is 1. The number of allylic oxidation sites excluding steroid dienone is 1. The van der Waals surface area contributed by atoms with Crippen molar-refractivity contribution in [2.75, 3.05) is 0 Å². The summed E-state index contributed by atoms with van der Waals surface area (Å²) in [6.45, 7) is 4.44. The smallest absolute Gasteiger partial charge is 0.283 e. The molecule has 0 radical (unpaired) electrons. The molecule has 2 aliphatic carbocycles. The van der Waals surface area contributed by atoms with Crippen molar-refractivity contribution < 1.29 is 23.5 Å². The van der Waals surface area contributed by atoms with Crippen molar-refractivity contribution in [3.63, 3.8) is 0 Å². The van der Waals surface area contributed by atoms with Gasteiger partial charge in [0.2, 0.25) is 0 Å². The number of carbonyl (C=O) groups excluding carboxylic acids is 2. The molecule has 2 saturated carbocycles.